The van der Waals surface area contributed by atoms with Gasteiger partial charge in [-0.05, 0) is 49.3 Å². The molecule has 1 saturated heterocycles. The number of hydrogen-bond acceptors (Lipinski definition) is 5. The van der Waals surface area contributed by atoms with Gasteiger partial charge in [-0.2, -0.15) is 0 Å². The number of carbonyl (C=O) groups excluding carboxylic acids is 3. The quantitative estimate of drug-likeness (QED) is 0.571. The molecule has 1 N–H and O–H groups in total. The molecule has 1 aliphatic heterocycles. The second-order valence-corrected chi connectivity index (χ2v) is 9.48. The molecule has 33 heavy (non-hydrogen) atoms. The lowest BCUT2D eigenvalue weighted by atomic mass is 9.94. The van der Waals surface area contributed by atoms with Gasteiger partial charge in [-0.25, -0.2) is 0 Å². The lowest BCUT2D eigenvalue weighted by Gasteiger charge is -2.40. The maximum atomic E-state index is 13.4. The Kier molecular flexibility index (Phi) is 9.30. The van der Waals surface area contributed by atoms with Crippen LogP contribution in [0.3, 0.4) is 0 Å². The van der Waals surface area contributed by atoms with Crippen LogP contribution in [-0.2, 0) is 19.1 Å². The largest absolute Gasteiger partial charge is 0.466 e. The first-order chi connectivity index (χ1) is 15.9. The summed E-state index contributed by atoms with van der Waals surface area (Å²) in [7, 11) is 0. The number of hydrogen-bond donors (Lipinski definition) is 1. The summed E-state index contributed by atoms with van der Waals surface area (Å²) >= 11 is 0. The van der Waals surface area contributed by atoms with E-state index < -0.39 is 0 Å². The van der Waals surface area contributed by atoms with Gasteiger partial charge in [-0.15, -0.1) is 0 Å². The van der Waals surface area contributed by atoms with E-state index in [0.29, 0.717) is 44.6 Å². The molecule has 7 heteroatoms. The highest BCUT2D eigenvalue weighted by Crippen LogP contribution is 2.32. The predicted octanol–water partition coefficient (Wildman–Crippen LogP) is 3.79. The molecule has 1 aromatic carbocycles. The minimum atomic E-state index is -0.330. The first kappa shape index (κ1) is 25.2. The Bertz CT molecular complexity index is 794. The summed E-state index contributed by atoms with van der Waals surface area (Å²) in [5.74, 6) is 0.517. The first-order valence-corrected chi connectivity index (χ1v) is 12.5. The second kappa shape index (κ2) is 12.2. The second-order valence-electron chi connectivity index (χ2n) is 9.48. The van der Waals surface area contributed by atoms with Crippen LogP contribution in [0.5, 0.6) is 0 Å². The van der Waals surface area contributed by atoms with Crippen molar-refractivity contribution >= 4 is 23.5 Å². The van der Waals surface area contributed by atoms with Crippen LogP contribution < -0.4 is 5.32 Å². The number of benzene rings is 1. The van der Waals surface area contributed by atoms with E-state index >= 15 is 0 Å². The number of esters is 1. The summed E-state index contributed by atoms with van der Waals surface area (Å²) in [6, 6.07) is 7.95. The van der Waals surface area contributed by atoms with Gasteiger partial charge in [0.25, 0.3) is 0 Å². The molecule has 1 aromatic rings. The van der Waals surface area contributed by atoms with Gasteiger partial charge in [0, 0.05) is 38.3 Å². The van der Waals surface area contributed by atoms with Crippen LogP contribution in [0.2, 0.25) is 0 Å². The van der Waals surface area contributed by atoms with E-state index in [0.717, 1.165) is 18.5 Å². The van der Waals surface area contributed by atoms with Gasteiger partial charge < -0.3 is 15.0 Å². The minimum Gasteiger partial charge on any atom is -0.466 e. The lowest BCUT2D eigenvalue weighted by Crippen LogP contribution is -2.56. The van der Waals surface area contributed by atoms with Crippen molar-refractivity contribution in [1.29, 1.82) is 0 Å². The Labute approximate surface area is 197 Å². The topological polar surface area (TPSA) is 79.0 Å². The molecule has 2 fully saturated rings. The Morgan fingerprint density at radius 1 is 1.00 bits per heavy atom. The van der Waals surface area contributed by atoms with E-state index in [-0.39, 0.29) is 36.7 Å². The SMILES string of the molecule is CCOC(=O)CCC(=O)N1CCN(C(C(=O)Nc2ccc(C(C)C)cc2)C2CCCC2)CC1. The average molecular weight is 458 g/mol. The Morgan fingerprint density at radius 3 is 2.21 bits per heavy atom. The monoisotopic (exact) mass is 457 g/mol. The number of rotatable bonds is 9. The van der Waals surface area contributed by atoms with Crippen molar-refractivity contribution in [2.75, 3.05) is 38.1 Å². The highest BCUT2D eigenvalue weighted by Gasteiger charge is 2.37. The fourth-order valence-corrected chi connectivity index (χ4v) is 4.97. The van der Waals surface area contributed by atoms with Crippen LogP contribution in [0.1, 0.15) is 70.8 Å². The third kappa shape index (κ3) is 7.03. The molecule has 182 valence electrons. The fraction of sp³-hybridized carbons (Fsp3) is 0.654. The zero-order chi connectivity index (χ0) is 23.8. The summed E-state index contributed by atoms with van der Waals surface area (Å²) in [5, 5.41) is 3.15. The summed E-state index contributed by atoms with van der Waals surface area (Å²) in [6.45, 7) is 8.92. The highest BCUT2D eigenvalue weighted by molar-refractivity contribution is 5.95. The smallest absolute Gasteiger partial charge is 0.306 e. The third-order valence-corrected chi connectivity index (χ3v) is 6.87. The zero-order valence-electron chi connectivity index (χ0n) is 20.3. The standard InChI is InChI=1S/C26H39N3O4/c1-4-33-24(31)14-13-23(30)28-15-17-29(18-16-28)25(21-7-5-6-8-21)26(32)27-22-11-9-20(10-12-22)19(2)3/h9-12,19,21,25H,4-8,13-18H2,1-3H3,(H,27,32). The molecule has 2 amide bonds. The van der Waals surface area contributed by atoms with E-state index in [1.165, 1.54) is 18.4 Å². The van der Waals surface area contributed by atoms with E-state index in [1.54, 1.807) is 6.92 Å². The van der Waals surface area contributed by atoms with E-state index in [9.17, 15) is 14.4 Å². The van der Waals surface area contributed by atoms with Crippen molar-refractivity contribution in [1.82, 2.24) is 9.80 Å². The van der Waals surface area contributed by atoms with Crippen LogP contribution in [0.15, 0.2) is 24.3 Å². The van der Waals surface area contributed by atoms with Gasteiger partial charge in [-0.3, -0.25) is 19.3 Å². The van der Waals surface area contributed by atoms with Crippen LogP contribution in [0.4, 0.5) is 5.69 Å². The molecule has 0 spiro atoms. The van der Waals surface area contributed by atoms with Gasteiger partial charge in [0.15, 0.2) is 0 Å². The molecule has 0 aromatic heterocycles. The van der Waals surface area contributed by atoms with Crippen LogP contribution in [0.25, 0.3) is 0 Å². The summed E-state index contributed by atoms with van der Waals surface area (Å²) in [5.41, 5.74) is 2.09. The summed E-state index contributed by atoms with van der Waals surface area (Å²) in [4.78, 5) is 41.5. The number of ether oxygens (including phenoxy) is 1. The van der Waals surface area contributed by atoms with Crippen molar-refractivity contribution in [3.05, 3.63) is 29.8 Å². The fourth-order valence-electron chi connectivity index (χ4n) is 4.97. The van der Waals surface area contributed by atoms with Gasteiger partial charge in [0.05, 0.1) is 19.1 Å². The van der Waals surface area contributed by atoms with Gasteiger partial charge >= 0.3 is 5.97 Å². The molecule has 0 bridgehead atoms. The van der Waals surface area contributed by atoms with Crippen molar-refractivity contribution in [2.24, 2.45) is 5.92 Å². The Hall–Kier alpha value is -2.41. The molecule has 1 heterocycles. The van der Waals surface area contributed by atoms with E-state index in [2.05, 4.69) is 36.2 Å². The highest BCUT2D eigenvalue weighted by atomic mass is 16.5. The zero-order valence-corrected chi connectivity index (χ0v) is 20.3. The number of anilines is 1. The molecule has 1 unspecified atom stereocenters. The lowest BCUT2D eigenvalue weighted by molar-refractivity contribution is -0.146. The van der Waals surface area contributed by atoms with Crippen molar-refractivity contribution in [3.8, 4) is 0 Å². The molecule has 3 rings (SSSR count). The van der Waals surface area contributed by atoms with Crippen molar-refractivity contribution < 1.29 is 19.1 Å². The normalized spacial score (nSPS) is 18.4. The Morgan fingerprint density at radius 2 is 1.64 bits per heavy atom. The molecular weight excluding hydrogens is 418 g/mol. The summed E-state index contributed by atoms with van der Waals surface area (Å²) in [6.07, 6.45) is 4.78. The maximum absolute atomic E-state index is 13.4. The molecule has 2 aliphatic rings. The molecule has 1 aliphatic carbocycles. The number of nitrogens with one attached hydrogen (secondary N) is 1. The average Bonchev–Trinajstić information content (AvgIpc) is 3.33. The number of amides is 2. The molecular formula is C26H39N3O4. The van der Waals surface area contributed by atoms with Crippen LogP contribution >= 0.6 is 0 Å². The maximum Gasteiger partial charge on any atom is 0.306 e. The number of carbonyl (C=O) groups is 3. The van der Waals surface area contributed by atoms with Gasteiger partial charge in [0.1, 0.15) is 0 Å². The molecule has 0 radical (unpaired) electrons. The van der Waals surface area contributed by atoms with Crippen molar-refractivity contribution in [3.63, 3.8) is 0 Å². The van der Waals surface area contributed by atoms with Crippen LogP contribution in [0, 0.1) is 5.92 Å². The minimum absolute atomic E-state index is 0.0187. The number of nitrogens with zero attached hydrogens (tertiary/aromatic N) is 2. The van der Waals surface area contributed by atoms with Gasteiger partial charge in [0.2, 0.25) is 11.8 Å². The van der Waals surface area contributed by atoms with Crippen molar-refractivity contribution in [2.45, 2.75) is 71.3 Å². The predicted molar refractivity (Wildman–Crippen MR) is 129 cm³/mol. The van der Waals surface area contributed by atoms with Crippen LogP contribution in [-0.4, -0.2) is 66.4 Å². The number of piperazine rings is 1. The summed E-state index contributed by atoms with van der Waals surface area (Å²) < 4.78 is 4.92. The van der Waals surface area contributed by atoms with E-state index in [4.69, 9.17) is 4.74 Å². The first-order valence-electron chi connectivity index (χ1n) is 12.5. The third-order valence-electron chi connectivity index (χ3n) is 6.87. The molecule has 1 saturated carbocycles. The van der Waals surface area contributed by atoms with E-state index in [1.807, 2.05) is 17.0 Å². The molecule has 1 atom stereocenters. The Balaban J connectivity index is 1.58. The molecule has 7 nitrogen and oxygen atoms in total. The van der Waals surface area contributed by atoms with Gasteiger partial charge in [-0.1, -0.05) is 38.8 Å².